The number of rotatable bonds is 5. The summed E-state index contributed by atoms with van der Waals surface area (Å²) in [5, 5.41) is 0.678. The van der Waals surface area contributed by atoms with E-state index in [4.69, 9.17) is 16.3 Å². The molecular formula is C24H20ClNO2. The van der Waals surface area contributed by atoms with Crippen molar-refractivity contribution < 1.29 is 9.53 Å². The Hall–Kier alpha value is -3.04. The van der Waals surface area contributed by atoms with E-state index in [1.54, 1.807) is 4.90 Å². The molecule has 1 heterocycles. The Morgan fingerprint density at radius 2 is 1.68 bits per heavy atom. The quantitative estimate of drug-likeness (QED) is 0.514. The molecule has 0 bridgehead atoms. The summed E-state index contributed by atoms with van der Waals surface area (Å²) >= 11 is 6.23. The highest BCUT2D eigenvalue weighted by Gasteiger charge is 2.30. The predicted molar refractivity (Wildman–Crippen MR) is 115 cm³/mol. The Morgan fingerprint density at radius 3 is 2.50 bits per heavy atom. The first kappa shape index (κ1) is 18.3. The first-order chi connectivity index (χ1) is 13.7. The third-order valence-electron chi connectivity index (χ3n) is 4.84. The Morgan fingerprint density at radius 1 is 0.964 bits per heavy atom. The third-order valence-corrected chi connectivity index (χ3v) is 5.21. The van der Waals surface area contributed by atoms with Crippen molar-refractivity contribution in [3.8, 4) is 5.75 Å². The Kier molecular flexibility index (Phi) is 5.18. The van der Waals surface area contributed by atoms with E-state index in [9.17, 15) is 4.79 Å². The minimum atomic E-state index is 0.0182. The van der Waals surface area contributed by atoms with Crippen LogP contribution in [0.5, 0.6) is 5.75 Å². The molecule has 0 spiro atoms. The Balaban J connectivity index is 1.67. The summed E-state index contributed by atoms with van der Waals surface area (Å²) in [6.07, 6.45) is 1.92. The van der Waals surface area contributed by atoms with Gasteiger partial charge in [0.15, 0.2) is 0 Å². The van der Waals surface area contributed by atoms with Crippen LogP contribution in [-0.2, 0) is 11.4 Å². The van der Waals surface area contributed by atoms with Crippen LogP contribution in [0.1, 0.15) is 23.6 Å². The average molecular weight is 390 g/mol. The molecule has 28 heavy (non-hydrogen) atoms. The van der Waals surface area contributed by atoms with Crippen LogP contribution in [0.3, 0.4) is 0 Å². The summed E-state index contributed by atoms with van der Waals surface area (Å²) < 4.78 is 6.04. The molecule has 0 fully saturated rings. The fourth-order valence-corrected chi connectivity index (χ4v) is 3.61. The maximum absolute atomic E-state index is 12.9. The van der Waals surface area contributed by atoms with Gasteiger partial charge in [0.05, 0.1) is 5.69 Å². The molecule has 0 saturated carbocycles. The van der Waals surface area contributed by atoms with Gasteiger partial charge in [-0.25, -0.2) is 0 Å². The van der Waals surface area contributed by atoms with Gasteiger partial charge in [0.2, 0.25) is 0 Å². The molecule has 0 N–H and O–H groups in total. The van der Waals surface area contributed by atoms with Gasteiger partial charge in [0.1, 0.15) is 12.4 Å². The topological polar surface area (TPSA) is 29.5 Å². The van der Waals surface area contributed by atoms with Gasteiger partial charge in [0, 0.05) is 33.8 Å². The molecule has 3 aromatic rings. The van der Waals surface area contributed by atoms with Crippen molar-refractivity contribution in [1.82, 2.24) is 0 Å². The van der Waals surface area contributed by atoms with Gasteiger partial charge in [-0.15, -0.1) is 0 Å². The Bertz CT molecular complexity index is 1060. The lowest BCUT2D eigenvalue weighted by Crippen LogP contribution is -2.25. The van der Waals surface area contributed by atoms with Gasteiger partial charge in [-0.2, -0.15) is 0 Å². The lowest BCUT2D eigenvalue weighted by molar-refractivity contribution is -0.112. The molecule has 4 heteroatoms. The number of para-hydroxylation sites is 2. The average Bonchev–Trinajstić information content (AvgIpc) is 2.99. The zero-order valence-electron chi connectivity index (χ0n) is 15.6. The van der Waals surface area contributed by atoms with Gasteiger partial charge in [-0.3, -0.25) is 4.79 Å². The number of carbonyl (C=O) groups is 1. The van der Waals surface area contributed by atoms with Gasteiger partial charge < -0.3 is 9.64 Å². The third kappa shape index (κ3) is 3.41. The van der Waals surface area contributed by atoms with Gasteiger partial charge in [0.25, 0.3) is 5.91 Å². The highest BCUT2D eigenvalue weighted by Crippen LogP contribution is 2.38. The number of hydrogen-bond acceptors (Lipinski definition) is 2. The number of halogens is 1. The number of nitrogens with zero attached hydrogens (tertiary/aromatic N) is 1. The highest BCUT2D eigenvalue weighted by molar-refractivity contribution is 6.35. The monoisotopic (exact) mass is 389 g/mol. The second kappa shape index (κ2) is 7.91. The summed E-state index contributed by atoms with van der Waals surface area (Å²) in [7, 11) is 0. The molecule has 0 aliphatic carbocycles. The van der Waals surface area contributed by atoms with Crippen molar-refractivity contribution in [3.05, 3.63) is 94.5 Å². The van der Waals surface area contributed by atoms with Crippen LogP contribution in [0.25, 0.3) is 11.6 Å². The second-order valence-electron chi connectivity index (χ2n) is 6.54. The smallest absolute Gasteiger partial charge is 0.258 e. The SMILES string of the molecule is CCN1C(=O)/C(=C\c2ccccc2OCc2ccccc2Cl)c2ccccc21. The molecule has 4 rings (SSSR count). The second-order valence-corrected chi connectivity index (χ2v) is 6.95. The van der Waals surface area contributed by atoms with Gasteiger partial charge >= 0.3 is 0 Å². The Labute approximate surface area is 169 Å². The van der Waals surface area contributed by atoms with Crippen LogP contribution in [0.4, 0.5) is 5.69 Å². The zero-order chi connectivity index (χ0) is 19.5. The predicted octanol–water partition coefficient (Wildman–Crippen LogP) is 5.83. The van der Waals surface area contributed by atoms with Crippen molar-refractivity contribution >= 4 is 34.8 Å². The van der Waals surface area contributed by atoms with E-state index in [1.807, 2.05) is 85.8 Å². The van der Waals surface area contributed by atoms with Crippen LogP contribution in [-0.4, -0.2) is 12.5 Å². The van der Waals surface area contributed by atoms with Crippen LogP contribution < -0.4 is 9.64 Å². The standard InChI is InChI=1S/C24H20ClNO2/c1-2-26-22-13-7-5-11-19(22)20(24(26)27)15-17-9-4-8-14-23(17)28-16-18-10-3-6-12-21(18)25/h3-15H,2,16H2,1H3/b20-15-. The van der Waals surface area contributed by atoms with E-state index in [2.05, 4.69) is 0 Å². The molecule has 0 radical (unpaired) electrons. The van der Waals surface area contributed by atoms with Crippen molar-refractivity contribution in [3.63, 3.8) is 0 Å². The van der Waals surface area contributed by atoms with Gasteiger partial charge in [-0.05, 0) is 31.2 Å². The van der Waals surface area contributed by atoms with Crippen molar-refractivity contribution in [2.75, 3.05) is 11.4 Å². The number of amides is 1. The molecule has 0 saturated heterocycles. The first-order valence-electron chi connectivity index (χ1n) is 9.27. The molecular weight excluding hydrogens is 370 g/mol. The summed E-state index contributed by atoms with van der Waals surface area (Å²) in [4.78, 5) is 14.7. The maximum Gasteiger partial charge on any atom is 0.258 e. The van der Waals surface area contributed by atoms with E-state index in [-0.39, 0.29) is 5.91 Å². The fraction of sp³-hybridized carbons (Fsp3) is 0.125. The van der Waals surface area contributed by atoms with Crippen LogP contribution in [0.2, 0.25) is 5.02 Å². The van der Waals surface area contributed by atoms with E-state index in [0.29, 0.717) is 23.7 Å². The lowest BCUT2D eigenvalue weighted by atomic mass is 10.0. The molecule has 0 aromatic heterocycles. The summed E-state index contributed by atoms with van der Waals surface area (Å²) in [6, 6.07) is 23.2. The number of ether oxygens (including phenoxy) is 1. The number of anilines is 1. The molecule has 1 amide bonds. The van der Waals surface area contributed by atoms with Crippen molar-refractivity contribution in [2.24, 2.45) is 0 Å². The summed E-state index contributed by atoms with van der Waals surface area (Å²) in [6.45, 7) is 2.99. The molecule has 1 aliphatic heterocycles. The lowest BCUT2D eigenvalue weighted by Gasteiger charge is -2.13. The molecule has 3 nitrogen and oxygen atoms in total. The van der Waals surface area contributed by atoms with Crippen LogP contribution in [0.15, 0.2) is 72.8 Å². The first-order valence-corrected chi connectivity index (χ1v) is 9.65. The van der Waals surface area contributed by atoms with Gasteiger partial charge in [-0.1, -0.05) is 66.2 Å². The molecule has 1 aliphatic rings. The minimum Gasteiger partial charge on any atom is -0.488 e. The number of likely N-dealkylation sites (N-methyl/N-ethyl adjacent to an activating group) is 1. The van der Waals surface area contributed by atoms with Crippen LogP contribution in [0, 0.1) is 0 Å². The molecule has 140 valence electrons. The number of hydrogen-bond donors (Lipinski definition) is 0. The number of fused-ring (bicyclic) bond motifs is 1. The van der Waals surface area contributed by atoms with E-state index < -0.39 is 0 Å². The van der Waals surface area contributed by atoms with Crippen molar-refractivity contribution in [2.45, 2.75) is 13.5 Å². The zero-order valence-corrected chi connectivity index (χ0v) is 16.3. The van der Waals surface area contributed by atoms with Crippen LogP contribution >= 0.6 is 11.6 Å². The maximum atomic E-state index is 12.9. The highest BCUT2D eigenvalue weighted by atomic mass is 35.5. The number of benzene rings is 3. The molecule has 3 aromatic carbocycles. The number of carbonyl (C=O) groups excluding carboxylic acids is 1. The summed E-state index contributed by atoms with van der Waals surface area (Å²) in [5.74, 6) is 0.736. The fourth-order valence-electron chi connectivity index (χ4n) is 3.42. The normalized spacial score (nSPS) is 14.4. The largest absolute Gasteiger partial charge is 0.488 e. The van der Waals surface area contributed by atoms with Crippen molar-refractivity contribution in [1.29, 1.82) is 0 Å². The minimum absolute atomic E-state index is 0.0182. The molecule has 0 atom stereocenters. The van der Waals surface area contributed by atoms with E-state index in [0.717, 1.165) is 28.1 Å². The van der Waals surface area contributed by atoms with E-state index in [1.165, 1.54) is 0 Å². The van der Waals surface area contributed by atoms with E-state index >= 15 is 0 Å². The molecule has 0 unspecified atom stereocenters. The summed E-state index contributed by atoms with van der Waals surface area (Å²) in [5.41, 5.74) is 4.38.